The molecule has 8 nitrogen and oxygen atoms in total. The summed E-state index contributed by atoms with van der Waals surface area (Å²) in [5.41, 5.74) is 17.7. The number of benzene rings is 2. The predicted octanol–water partition coefficient (Wildman–Crippen LogP) is 3.07. The van der Waals surface area contributed by atoms with E-state index in [1.165, 1.54) is 23.1 Å². The SMILES string of the molecule is Cc1ccccc1C(=O)NNc1ncnc(N2CCN(c3cccc(C)c3C)CC2)c1N. The lowest BCUT2D eigenvalue weighted by molar-refractivity contribution is 0.0962. The molecule has 0 unspecified atom stereocenters. The van der Waals surface area contributed by atoms with Gasteiger partial charge in [-0.15, -0.1) is 0 Å². The minimum absolute atomic E-state index is 0.246. The highest BCUT2D eigenvalue weighted by atomic mass is 16.2. The molecule has 1 amide bonds. The van der Waals surface area contributed by atoms with E-state index in [0.717, 1.165) is 31.7 Å². The van der Waals surface area contributed by atoms with Crippen LogP contribution in [0.5, 0.6) is 0 Å². The number of aryl methyl sites for hydroxylation is 2. The molecule has 1 saturated heterocycles. The van der Waals surface area contributed by atoms with Crippen LogP contribution in [0.4, 0.5) is 23.0 Å². The molecule has 166 valence electrons. The molecule has 1 aliphatic rings. The Kier molecular flexibility index (Phi) is 6.11. The Balaban J connectivity index is 1.42. The molecule has 1 aromatic heterocycles. The van der Waals surface area contributed by atoms with Gasteiger partial charge in [-0.3, -0.25) is 15.6 Å². The molecule has 3 aromatic rings. The van der Waals surface area contributed by atoms with E-state index in [-0.39, 0.29) is 5.91 Å². The van der Waals surface area contributed by atoms with Gasteiger partial charge in [-0.25, -0.2) is 9.97 Å². The van der Waals surface area contributed by atoms with E-state index in [4.69, 9.17) is 5.73 Å². The monoisotopic (exact) mass is 431 g/mol. The number of nitrogens with two attached hydrogens (primary N) is 1. The van der Waals surface area contributed by atoms with Gasteiger partial charge in [0.2, 0.25) is 0 Å². The number of piperazine rings is 1. The number of nitrogens with one attached hydrogen (secondary N) is 2. The second kappa shape index (κ2) is 9.13. The Hall–Kier alpha value is -3.81. The fourth-order valence-electron chi connectivity index (χ4n) is 3.99. The second-order valence-electron chi connectivity index (χ2n) is 8.05. The van der Waals surface area contributed by atoms with Crippen LogP contribution in [0.1, 0.15) is 27.0 Å². The van der Waals surface area contributed by atoms with Gasteiger partial charge in [-0.1, -0.05) is 30.3 Å². The predicted molar refractivity (Wildman–Crippen MR) is 129 cm³/mol. The quantitative estimate of drug-likeness (QED) is 0.534. The summed E-state index contributed by atoms with van der Waals surface area (Å²) < 4.78 is 0. The van der Waals surface area contributed by atoms with Gasteiger partial charge in [0, 0.05) is 37.4 Å². The Bertz CT molecular complexity index is 1120. The first-order valence-corrected chi connectivity index (χ1v) is 10.7. The van der Waals surface area contributed by atoms with Crippen molar-refractivity contribution in [3.05, 3.63) is 71.0 Å². The minimum Gasteiger partial charge on any atom is -0.393 e. The molecule has 4 N–H and O–H groups in total. The Morgan fingerprint density at radius 3 is 2.34 bits per heavy atom. The Morgan fingerprint density at radius 1 is 0.906 bits per heavy atom. The number of aromatic nitrogens is 2. The van der Waals surface area contributed by atoms with Gasteiger partial charge in [0.25, 0.3) is 5.91 Å². The number of anilines is 4. The maximum atomic E-state index is 12.5. The molecule has 1 aliphatic heterocycles. The molecule has 0 aliphatic carbocycles. The van der Waals surface area contributed by atoms with E-state index in [2.05, 4.69) is 62.7 Å². The maximum absolute atomic E-state index is 12.5. The van der Waals surface area contributed by atoms with Crippen LogP contribution in [0.2, 0.25) is 0 Å². The number of nitrogens with zero attached hydrogens (tertiary/aromatic N) is 4. The first-order chi connectivity index (χ1) is 15.5. The summed E-state index contributed by atoms with van der Waals surface area (Å²) >= 11 is 0. The highest BCUT2D eigenvalue weighted by molar-refractivity contribution is 5.96. The van der Waals surface area contributed by atoms with Crippen molar-refractivity contribution < 1.29 is 4.79 Å². The zero-order valence-corrected chi connectivity index (χ0v) is 18.7. The van der Waals surface area contributed by atoms with Gasteiger partial charge in [-0.2, -0.15) is 0 Å². The third-order valence-electron chi connectivity index (χ3n) is 6.04. The van der Waals surface area contributed by atoms with Gasteiger partial charge < -0.3 is 15.5 Å². The molecule has 2 aromatic carbocycles. The largest absolute Gasteiger partial charge is 0.393 e. The standard InChI is InChI=1S/C24H29N7O/c1-16-8-6-10-20(18(16)3)30-11-13-31(14-12-30)23-21(25)22(26-15-27-23)28-29-24(32)19-9-5-4-7-17(19)2/h4-10,15H,11-14,25H2,1-3H3,(H,29,32)(H,26,27,28). The number of hydrogen-bond acceptors (Lipinski definition) is 7. The fraction of sp³-hybridized carbons (Fsp3) is 0.292. The Labute approximate surface area is 188 Å². The lowest BCUT2D eigenvalue weighted by Crippen LogP contribution is -2.47. The molecule has 8 heteroatoms. The number of carbonyl (C=O) groups excluding carboxylic acids is 1. The van der Waals surface area contributed by atoms with Gasteiger partial charge in [0.15, 0.2) is 11.6 Å². The summed E-state index contributed by atoms with van der Waals surface area (Å²) in [5, 5.41) is 0. The molecule has 4 rings (SSSR count). The summed E-state index contributed by atoms with van der Waals surface area (Å²) in [6.45, 7) is 9.55. The van der Waals surface area contributed by atoms with Crippen LogP contribution in [0.25, 0.3) is 0 Å². The molecule has 0 atom stereocenters. The van der Waals surface area contributed by atoms with Crippen LogP contribution < -0.4 is 26.4 Å². The van der Waals surface area contributed by atoms with E-state index in [1.54, 1.807) is 6.07 Å². The lowest BCUT2D eigenvalue weighted by atomic mass is 10.1. The summed E-state index contributed by atoms with van der Waals surface area (Å²) in [5.74, 6) is 0.812. The molecule has 0 spiro atoms. The van der Waals surface area contributed by atoms with Crippen molar-refractivity contribution in [3.8, 4) is 0 Å². The molecular formula is C24H29N7O. The van der Waals surface area contributed by atoms with Crippen molar-refractivity contribution in [2.45, 2.75) is 20.8 Å². The minimum atomic E-state index is -0.246. The lowest BCUT2D eigenvalue weighted by Gasteiger charge is -2.38. The number of carbonyl (C=O) groups is 1. The van der Waals surface area contributed by atoms with Crippen molar-refractivity contribution >= 4 is 28.9 Å². The number of hydrogen-bond donors (Lipinski definition) is 3. The van der Waals surface area contributed by atoms with Crippen LogP contribution >= 0.6 is 0 Å². The number of nitrogen functional groups attached to an aromatic ring is 1. The van der Waals surface area contributed by atoms with E-state index in [9.17, 15) is 4.79 Å². The van der Waals surface area contributed by atoms with Crippen molar-refractivity contribution in [3.63, 3.8) is 0 Å². The van der Waals surface area contributed by atoms with Crippen molar-refractivity contribution in [2.75, 3.05) is 47.1 Å². The summed E-state index contributed by atoms with van der Waals surface area (Å²) in [6.07, 6.45) is 1.46. The first kappa shape index (κ1) is 21.4. The third kappa shape index (κ3) is 4.30. The maximum Gasteiger partial charge on any atom is 0.269 e. The van der Waals surface area contributed by atoms with Crippen molar-refractivity contribution in [1.82, 2.24) is 15.4 Å². The van der Waals surface area contributed by atoms with Crippen LogP contribution in [0, 0.1) is 20.8 Å². The van der Waals surface area contributed by atoms with Crippen molar-refractivity contribution in [1.29, 1.82) is 0 Å². The molecule has 1 fully saturated rings. The second-order valence-corrected chi connectivity index (χ2v) is 8.05. The van der Waals surface area contributed by atoms with Crippen LogP contribution in [0.15, 0.2) is 48.8 Å². The van der Waals surface area contributed by atoms with Crippen LogP contribution in [-0.2, 0) is 0 Å². The first-order valence-electron chi connectivity index (χ1n) is 10.7. The average molecular weight is 432 g/mol. The van der Waals surface area contributed by atoms with Gasteiger partial charge >= 0.3 is 0 Å². The third-order valence-corrected chi connectivity index (χ3v) is 6.04. The molecule has 0 saturated carbocycles. The molecule has 0 bridgehead atoms. The van der Waals surface area contributed by atoms with E-state index < -0.39 is 0 Å². The van der Waals surface area contributed by atoms with Gasteiger partial charge in [0.1, 0.15) is 12.0 Å². The molecule has 0 radical (unpaired) electrons. The number of amides is 1. The number of rotatable bonds is 5. The molecular weight excluding hydrogens is 402 g/mol. The van der Waals surface area contributed by atoms with Gasteiger partial charge in [-0.05, 0) is 49.6 Å². The summed E-state index contributed by atoms with van der Waals surface area (Å²) in [4.78, 5) is 25.7. The van der Waals surface area contributed by atoms with E-state index in [1.807, 2.05) is 25.1 Å². The van der Waals surface area contributed by atoms with Crippen LogP contribution in [-0.4, -0.2) is 42.1 Å². The zero-order chi connectivity index (χ0) is 22.7. The highest BCUT2D eigenvalue weighted by Crippen LogP contribution is 2.29. The number of hydrazine groups is 1. The van der Waals surface area contributed by atoms with Crippen LogP contribution in [0.3, 0.4) is 0 Å². The fourth-order valence-corrected chi connectivity index (χ4v) is 3.99. The van der Waals surface area contributed by atoms with Crippen molar-refractivity contribution in [2.24, 2.45) is 0 Å². The average Bonchev–Trinajstić information content (AvgIpc) is 2.80. The molecule has 2 heterocycles. The molecule has 32 heavy (non-hydrogen) atoms. The van der Waals surface area contributed by atoms with Gasteiger partial charge in [0.05, 0.1) is 0 Å². The topological polar surface area (TPSA) is 99.4 Å². The van der Waals surface area contributed by atoms with E-state index in [0.29, 0.717) is 22.9 Å². The smallest absolute Gasteiger partial charge is 0.269 e. The summed E-state index contributed by atoms with van der Waals surface area (Å²) in [7, 11) is 0. The van der Waals surface area contributed by atoms with E-state index >= 15 is 0 Å². The normalized spacial score (nSPS) is 13.7. The highest BCUT2D eigenvalue weighted by Gasteiger charge is 2.22. The summed E-state index contributed by atoms with van der Waals surface area (Å²) in [6, 6.07) is 13.8. The zero-order valence-electron chi connectivity index (χ0n) is 18.7. The Morgan fingerprint density at radius 2 is 1.59 bits per heavy atom.